The zero-order valence-electron chi connectivity index (χ0n) is 13.5. The molecule has 0 saturated heterocycles. The van der Waals surface area contributed by atoms with E-state index in [2.05, 4.69) is 42.8 Å². The fourth-order valence-electron chi connectivity index (χ4n) is 2.54. The Bertz CT molecular complexity index is 819. The van der Waals surface area contributed by atoms with Crippen molar-refractivity contribution in [2.45, 2.75) is 30.6 Å². The van der Waals surface area contributed by atoms with E-state index >= 15 is 0 Å². The molecule has 0 saturated carbocycles. The van der Waals surface area contributed by atoms with Crippen LogP contribution in [0.1, 0.15) is 47.4 Å². The van der Waals surface area contributed by atoms with Gasteiger partial charge in [0.25, 0.3) is 0 Å². The molecule has 0 unspecified atom stereocenters. The Balaban J connectivity index is 0.00000208. The molecule has 24 heavy (non-hydrogen) atoms. The van der Waals surface area contributed by atoms with Crippen LogP contribution in [-0.4, -0.2) is 21.8 Å². The van der Waals surface area contributed by atoms with Gasteiger partial charge in [0.15, 0.2) is 0 Å². The lowest BCUT2D eigenvalue weighted by Crippen LogP contribution is -2.22. The molecule has 124 valence electrons. The van der Waals surface area contributed by atoms with Crippen LogP contribution in [0.15, 0.2) is 41.4 Å². The second-order valence-electron chi connectivity index (χ2n) is 6.18. The Kier molecular flexibility index (Phi) is 5.58. The Morgan fingerprint density at radius 2 is 2.04 bits per heavy atom. The molecule has 0 fully saturated rings. The summed E-state index contributed by atoms with van der Waals surface area (Å²) in [6.07, 6.45) is 2.50. The van der Waals surface area contributed by atoms with Crippen LogP contribution in [0.25, 0.3) is 0 Å². The van der Waals surface area contributed by atoms with E-state index in [1.54, 1.807) is 6.07 Å². The molecule has 0 bridgehead atoms. The van der Waals surface area contributed by atoms with Gasteiger partial charge in [-0.2, -0.15) is 0 Å². The number of hydrogen-bond acceptors (Lipinski definition) is 3. The zero-order chi connectivity index (χ0) is 16.4. The normalized spacial score (nSPS) is 14.6. The number of aromatic carboxylic acids is 1. The minimum Gasteiger partial charge on any atom is -0.478 e. The number of thioether (sulfide) groups is 1. The van der Waals surface area contributed by atoms with Crippen LogP contribution in [0.2, 0.25) is 0 Å². The fraction of sp³-hybridized carbons (Fsp3) is 0.263. The van der Waals surface area contributed by atoms with Gasteiger partial charge in [-0.3, -0.25) is 0 Å². The van der Waals surface area contributed by atoms with Crippen LogP contribution in [0.3, 0.4) is 0 Å². The minimum atomic E-state index is -0.980. The Morgan fingerprint density at radius 1 is 1.25 bits per heavy atom. The summed E-state index contributed by atoms with van der Waals surface area (Å²) >= 11 is 1.90. The van der Waals surface area contributed by atoms with E-state index in [-0.39, 0.29) is 23.4 Å². The summed E-state index contributed by atoms with van der Waals surface area (Å²) in [5.41, 5.74) is 3.24. The lowest BCUT2D eigenvalue weighted by molar-refractivity contribution is 0.0696. The highest BCUT2D eigenvalue weighted by Crippen LogP contribution is 2.41. The molecule has 3 rings (SSSR count). The van der Waals surface area contributed by atoms with Crippen molar-refractivity contribution in [2.24, 2.45) is 0 Å². The highest BCUT2D eigenvalue weighted by molar-refractivity contribution is 7.99. The number of halogens is 1. The molecule has 3 nitrogen and oxygen atoms in total. The average Bonchev–Trinajstić information content (AvgIpc) is 2.53. The van der Waals surface area contributed by atoms with E-state index in [1.807, 2.05) is 17.8 Å². The number of hydrogen-bond donors (Lipinski definition) is 1. The average molecular weight is 360 g/mol. The SMILES string of the molecule is CC1(C)CCSc2ccc(C#Cc3ccc(C(=O)O)cn3)cc21.Cl. The molecular weight excluding hydrogens is 342 g/mol. The monoisotopic (exact) mass is 359 g/mol. The third-order valence-corrected chi connectivity index (χ3v) is 5.11. The molecule has 0 amide bonds. The first-order chi connectivity index (χ1) is 11.0. The molecule has 2 heterocycles. The van der Waals surface area contributed by atoms with Gasteiger partial charge in [0.1, 0.15) is 5.69 Å². The van der Waals surface area contributed by atoms with Crippen molar-refractivity contribution in [3.8, 4) is 11.8 Å². The summed E-state index contributed by atoms with van der Waals surface area (Å²) in [6, 6.07) is 9.50. The molecule has 0 spiro atoms. The number of benzene rings is 1. The second-order valence-corrected chi connectivity index (χ2v) is 7.32. The van der Waals surface area contributed by atoms with Gasteiger partial charge < -0.3 is 5.11 Å². The Hall–Kier alpha value is -1.96. The standard InChI is InChI=1S/C19H17NO2S.ClH/c1-19(2)9-10-23-17-8-4-13(11-16(17)19)3-6-15-7-5-14(12-20-15)18(21)22;/h4-5,7-8,11-12H,9-10H2,1-2H3,(H,21,22);1H. The third-order valence-electron chi connectivity index (χ3n) is 4.04. The summed E-state index contributed by atoms with van der Waals surface area (Å²) in [4.78, 5) is 16.2. The van der Waals surface area contributed by atoms with Gasteiger partial charge in [0.05, 0.1) is 5.56 Å². The predicted octanol–water partition coefficient (Wildman–Crippen LogP) is 4.37. The molecule has 0 atom stereocenters. The quantitative estimate of drug-likeness (QED) is 0.768. The lowest BCUT2D eigenvalue weighted by Gasteiger charge is -2.32. The van der Waals surface area contributed by atoms with E-state index in [4.69, 9.17) is 5.11 Å². The van der Waals surface area contributed by atoms with Crippen molar-refractivity contribution >= 4 is 30.1 Å². The van der Waals surface area contributed by atoms with Crippen molar-refractivity contribution in [2.75, 3.05) is 5.75 Å². The number of aromatic nitrogens is 1. The van der Waals surface area contributed by atoms with Gasteiger partial charge in [-0.15, -0.1) is 24.2 Å². The van der Waals surface area contributed by atoms with E-state index < -0.39 is 5.97 Å². The van der Waals surface area contributed by atoms with Crippen molar-refractivity contribution in [3.63, 3.8) is 0 Å². The minimum absolute atomic E-state index is 0. The summed E-state index contributed by atoms with van der Waals surface area (Å²) in [5, 5.41) is 8.87. The van der Waals surface area contributed by atoms with Crippen LogP contribution in [0, 0.1) is 11.8 Å². The highest BCUT2D eigenvalue weighted by atomic mass is 35.5. The first kappa shape index (κ1) is 18.4. The van der Waals surface area contributed by atoms with Crippen molar-refractivity contribution in [1.29, 1.82) is 0 Å². The number of carboxylic acid groups (broad SMARTS) is 1. The maximum atomic E-state index is 10.8. The number of pyridine rings is 1. The Morgan fingerprint density at radius 3 is 2.71 bits per heavy atom. The zero-order valence-corrected chi connectivity index (χ0v) is 15.1. The summed E-state index contributed by atoms with van der Waals surface area (Å²) in [5.74, 6) is 6.31. The second kappa shape index (κ2) is 7.29. The summed E-state index contributed by atoms with van der Waals surface area (Å²) in [7, 11) is 0. The van der Waals surface area contributed by atoms with Crippen LogP contribution >= 0.6 is 24.2 Å². The lowest BCUT2D eigenvalue weighted by atomic mass is 9.81. The van der Waals surface area contributed by atoms with Gasteiger partial charge >= 0.3 is 5.97 Å². The molecule has 1 N–H and O–H groups in total. The molecule has 1 aromatic carbocycles. The van der Waals surface area contributed by atoms with Gasteiger partial charge in [-0.05, 0) is 59.4 Å². The fourth-order valence-corrected chi connectivity index (χ4v) is 4.03. The van der Waals surface area contributed by atoms with E-state index in [0.29, 0.717) is 5.69 Å². The summed E-state index contributed by atoms with van der Waals surface area (Å²) in [6.45, 7) is 4.55. The molecule has 1 aromatic heterocycles. The summed E-state index contributed by atoms with van der Waals surface area (Å²) < 4.78 is 0. The predicted molar refractivity (Wildman–Crippen MR) is 99.2 cm³/mol. The maximum Gasteiger partial charge on any atom is 0.337 e. The van der Waals surface area contributed by atoms with Gasteiger partial charge in [0.2, 0.25) is 0 Å². The maximum absolute atomic E-state index is 10.8. The molecule has 5 heteroatoms. The van der Waals surface area contributed by atoms with E-state index in [9.17, 15) is 4.79 Å². The van der Waals surface area contributed by atoms with Crippen LogP contribution in [-0.2, 0) is 5.41 Å². The third kappa shape index (κ3) is 3.92. The van der Waals surface area contributed by atoms with Crippen LogP contribution < -0.4 is 0 Å². The number of fused-ring (bicyclic) bond motifs is 1. The highest BCUT2D eigenvalue weighted by Gasteiger charge is 2.27. The first-order valence-corrected chi connectivity index (χ1v) is 8.43. The van der Waals surface area contributed by atoms with Crippen molar-refractivity contribution < 1.29 is 9.90 Å². The first-order valence-electron chi connectivity index (χ1n) is 7.44. The van der Waals surface area contributed by atoms with Crippen molar-refractivity contribution in [3.05, 3.63) is 58.9 Å². The van der Waals surface area contributed by atoms with Gasteiger partial charge in [-0.25, -0.2) is 9.78 Å². The molecule has 0 radical (unpaired) electrons. The largest absolute Gasteiger partial charge is 0.478 e. The molecule has 1 aliphatic heterocycles. The molecule has 1 aliphatic rings. The number of rotatable bonds is 1. The topological polar surface area (TPSA) is 50.2 Å². The van der Waals surface area contributed by atoms with Gasteiger partial charge in [0, 0.05) is 16.7 Å². The van der Waals surface area contributed by atoms with Crippen molar-refractivity contribution in [1.82, 2.24) is 4.98 Å². The Labute approximate surface area is 152 Å². The van der Waals surface area contributed by atoms with Gasteiger partial charge in [-0.1, -0.05) is 19.8 Å². The molecule has 0 aliphatic carbocycles. The molecular formula is C19H18ClNO2S. The molecule has 2 aromatic rings. The number of carboxylic acids is 1. The van der Waals surface area contributed by atoms with Crippen LogP contribution in [0.4, 0.5) is 0 Å². The van der Waals surface area contributed by atoms with E-state index in [0.717, 1.165) is 11.3 Å². The van der Waals surface area contributed by atoms with Crippen LogP contribution in [0.5, 0.6) is 0 Å². The smallest absolute Gasteiger partial charge is 0.337 e. The number of nitrogens with zero attached hydrogens (tertiary/aromatic N) is 1. The van der Waals surface area contributed by atoms with E-state index in [1.165, 1.54) is 29.1 Å². The number of carbonyl (C=O) groups is 1.